The molecule has 1 aromatic rings. The van der Waals surface area contributed by atoms with Crippen molar-refractivity contribution >= 4 is 29.1 Å². The van der Waals surface area contributed by atoms with Crippen molar-refractivity contribution in [3.05, 3.63) is 35.4 Å². The van der Waals surface area contributed by atoms with E-state index in [4.69, 9.17) is 17.3 Å². The summed E-state index contributed by atoms with van der Waals surface area (Å²) in [4.78, 5) is 24.1. The van der Waals surface area contributed by atoms with E-state index < -0.39 is 5.97 Å². The van der Waals surface area contributed by atoms with Gasteiger partial charge in [-0.3, -0.25) is 14.5 Å². The monoisotopic (exact) mass is 235 g/mol. The third-order valence-electron chi connectivity index (χ3n) is 2.43. The number of thiocarbonyl (C=S) groups is 1. The first-order valence-corrected chi connectivity index (χ1v) is 5.19. The molecule has 4 nitrogen and oxygen atoms in total. The van der Waals surface area contributed by atoms with Gasteiger partial charge in [0.2, 0.25) is 0 Å². The molecule has 16 heavy (non-hydrogen) atoms. The van der Waals surface area contributed by atoms with Crippen LogP contribution in [0.4, 0.5) is 0 Å². The van der Waals surface area contributed by atoms with Crippen LogP contribution in [0, 0.1) is 0 Å². The Balaban J connectivity index is 2.25. The van der Waals surface area contributed by atoms with Crippen molar-refractivity contribution in [1.29, 1.82) is 0 Å². The molecule has 82 valence electrons. The number of rotatable bonds is 3. The van der Waals surface area contributed by atoms with Gasteiger partial charge in [-0.15, -0.1) is 0 Å². The number of fused-ring (bicyclic) bond motifs is 1. The van der Waals surface area contributed by atoms with E-state index in [0.717, 1.165) is 0 Å². The number of aliphatic carboxylic acids is 1. The minimum absolute atomic E-state index is 0.0974. The zero-order valence-corrected chi connectivity index (χ0v) is 9.16. The molecule has 0 bridgehead atoms. The van der Waals surface area contributed by atoms with Crippen LogP contribution in [-0.2, 0) is 4.79 Å². The third kappa shape index (κ3) is 1.69. The Morgan fingerprint density at radius 2 is 1.94 bits per heavy atom. The Bertz CT molecular complexity index is 449. The molecule has 1 N–H and O–H groups in total. The smallest absolute Gasteiger partial charge is 0.305 e. The topological polar surface area (TPSA) is 57.6 Å². The molecule has 1 heterocycles. The van der Waals surface area contributed by atoms with E-state index in [9.17, 15) is 9.59 Å². The van der Waals surface area contributed by atoms with Crippen LogP contribution in [0.5, 0.6) is 0 Å². The zero-order valence-electron chi connectivity index (χ0n) is 8.34. The SMILES string of the molecule is O=C(O)CCN1C(=O)c2ccccc2C1=S. The molecule has 0 aromatic heterocycles. The molecule has 1 aliphatic heterocycles. The first-order chi connectivity index (χ1) is 7.61. The Morgan fingerprint density at radius 1 is 1.31 bits per heavy atom. The van der Waals surface area contributed by atoms with Gasteiger partial charge in [0.15, 0.2) is 0 Å². The van der Waals surface area contributed by atoms with Gasteiger partial charge in [0, 0.05) is 12.1 Å². The summed E-state index contributed by atoms with van der Waals surface area (Å²) < 4.78 is 0. The van der Waals surface area contributed by atoms with E-state index in [1.165, 1.54) is 4.90 Å². The molecule has 2 rings (SSSR count). The minimum atomic E-state index is -0.938. The average molecular weight is 235 g/mol. The highest BCUT2D eigenvalue weighted by molar-refractivity contribution is 7.80. The van der Waals surface area contributed by atoms with Crippen LogP contribution in [0.15, 0.2) is 24.3 Å². The van der Waals surface area contributed by atoms with Gasteiger partial charge in [-0.1, -0.05) is 30.4 Å². The second kappa shape index (κ2) is 4.02. The quantitative estimate of drug-likeness (QED) is 0.802. The second-order valence-electron chi connectivity index (χ2n) is 3.45. The number of benzene rings is 1. The molecule has 0 unspecified atom stereocenters. The van der Waals surface area contributed by atoms with Gasteiger partial charge < -0.3 is 5.11 Å². The number of hydrogen-bond donors (Lipinski definition) is 1. The van der Waals surface area contributed by atoms with Crippen LogP contribution in [-0.4, -0.2) is 33.4 Å². The lowest BCUT2D eigenvalue weighted by atomic mass is 10.1. The molecule has 0 saturated heterocycles. The molecule has 0 radical (unpaired) electrons. The van der Waals surface area contributed by atoms with E-state index in [1.807, 2.05) is 0 Å². The van der Waals surface area contributed by atoms with Crippen molar-refractivity contribution in [2.75, 3.05) is 6.54 Å². The first kappa shape index (κ1) is 10.8. The fourth-order valence-electron chi connectivity index (χ4n) is 1.65. The summed E-state index contributed by atoms with van der Waals surface area (Å²) in [5.41, 5.74) is 1.27. The van der Waals surface area contributed by atoms with Crippen LogP contribution in [0.3, 0.4) is 0 Å². The van der Waals surface area contributed by atoms with E-state index in [-0.39, 0.29) is 18.9 Å². The van der Waals surface area contributed by atoms with Gasteiger partial charge in [0.25, 0.3) is 5.91 Å². The Morgan fingerprint density at radius 3 is 2.50 bits per heavy atom. The van der Waals surface area contributed by atoms with Crippen LogP contribution >= 0.6 is 12.2 Å². The van der Waals surface area contributed by atoms with Gasteiger partial charge in [-0.05, 0) is 6.07 Å². The number of amides is 1. The fourth-order valence-corrected chi connectivity index (χ4v) is 2.00. The predicted molar refractivity (Wildman–Crippen MR) is 61.4 cm³/mol. The molecule has 1 aliphatic rings. The van der Waals surface area contributed by atoms with E-state index in [2.05, 4.69) is 0 Å². The van der Waals surface area contributed by atoms with E-state index >= 15 is 0 Å². The Kier molecular flexibility index (Phi) is 2.70. The highest BCUT2D eigenvalue weighted by Gasteiger charge is 2.31. The average Bonchev–Trinajstić information content (AvgIpc) is 2.50. The lowest BCUT2D eigenvalue weighted by molar-refractivity contribution is -0.137. The maximum absolute atomic E-state index is 11.9. The van der Waals surface area contributed by atoms with Crippen molar-refractivity contribution in [2.24, 2.45) is 0 Å². The van der Waals surface area contributed by atoms with Crippen LogP contribution in [0.2, 0.25) is 0 Å². The van der Waals surface area contributed by atoms with E-state index in [0.29, 0.717) is 16.1 Å². The van der Waals surface area contributed by atoms with Gasteiger partial charge in [-0.2, -0.15) is 0 Å². The number of carboxylic acid groups (broad SMARTS) is 1. The molecule has 0 spiro atoms. The summed E-state index contributed by atoms with van der Waals surface area (Å²) in [6, 6.07) is 7.04. The summed E-state index contributed by atoms with van der Waals surface area (Å²) in [5, 5.41) is 8.58. The Labute approximate surface area is 97.5 Å². The standard InChI is InChI=1S/C11H9NO3S/c13-9(14)5-6-12-10(15)7-3-1-2-4-8(7)11(12)16/h1-4H,5-6H2,(H,13,14). The van der Waals surface area contributed by atoms with Gasteiger partial charge in [-0.25, -0.2) is 0 Å². The Hall–Kier alpha value is -1.75. The highest BCUT2D eigenvalue weighted by atomic mass is 32.1. The van der Waals surface area contributed by atoms with Crippen molar-refractivity contribution in [1.82, 2.24) is 4.90 Å². The normalized spacial score (nSPS) is 14.1. The largest absolute Gasteiger partial charge is 0.481 e. The van der Waals surface area contributed by atoms with E-state index in [1.54, 1.807) is 24.3 Å². The molecule has 0 saturated carbocycles. The van der Waals surface area contributed by atoms with Crippen molar-refractivity contribution < 1.29 is 14.7 Å². The summed E-state index contributed by atoms with van der Waals surface area (Å²) in [5.74, 6) is -1.14. The molecular formula is C11H9NO3S. The van der Waals surface area contributed by atoms with Crippen LogP contribution < -0.4 is 0 Å². The molecule has 0 fully saturated rings. The number of carboxylic acids is 1. The lowest BCUT2D eigenvalue weighted by Crippen LogP contribution is -2.31. The summed E-state index contributed by atoms with van der Waals surface area (Å²) in [7, 11) is 0. The molecule has 0 atom stereocenters. The lowest BCUT2D eigenvalue weighted by Gasteiger charge is -2.14. The molecule has 0 aliphatic carbocycles. The molecule has 5 heteroatoms. The molecule has 1 amide bonds. The predicted octanol–water partition coefficient (Wildman–Crippen LogP) is 1.29. The van der Waals surface area contributed by atoms with Gasteiger partial charge >= 0.3 is 5.97 Å². The number of carbonyl (C=O) groups excluding carboxylic acids is 1. The summed E-state index contributed by atoms with van der Waals surface area (Å²) in [6.07, 6.45) is -0.0974. The van der Waals surface area contributed by atoms with Crippen molar-refractivity contribution in [3.63, 3.8) is 0 Å². The summed E-state index contributed by atoms with van der Waals surface area (Å²) in [6.45, 7) is 0.127. The van der Waals surface area contributed by atoms with Gasteiger partial charge in [0.05, 0.1) is 12.0 Å². The zero-order chi connectivity index (χ0) is 11.7. The number of nitrogens with zero attached hydrogens (tertiary/aromatic N) is 1. The van der Waals surface area contributed by atoms with Crippen LogP contribution in [0.25, 0.3) is 0 Å². The highest BCUT2D eigenvalue weighted by Crippen LogP contribution is 2.23. The molecular weight excluding hydrogens is 226 g/mol. The maximum Gasteiger partial charge on any atom is 0.305 e. The maximum atomic E-state index is 11.9. The number of carbonyl (C=O) groups is 2. The summed E-state index contributed by atoms with van der Waals surface area (Å²) >= 11 is 5.14. The fraction of sp³-hybridized carbons (Fsp3) is 0.182. The third-order valence-corrected chi connectivity index (χ3v) is 2.87. The first-order valence-electron chi connectivity index (χ1n) is 4.78. The van der Waals surface area contributed by atoms with Crippen molar-refractivity contribution in [3.8, 4) is 0 Å². The number of hydrogen-bond acceptors (Lipinski definition) is 3. The minimum Gasteiger partial charge on any atom is -0.481 e. The molecule has 1 aromatic carbocycles. The van der Waals surface area contributed by atoms with Crippen LogP contribution in [0.1, 0.15) is 22.3 Å². The van der Waals surface area contributed by atoms with Crippen molar-refractivity contribution in [2.45, 2.75) is 6.42 Å². The second-order valence-corrected chi connectivity index (χ2v) is 3.84. The van der Waals surface area contributed by atoms with Gasteiger partial charge in [0.1, 0.15) is 4.99 Å².